The van der Waals surface area contributed by atoms with Gasteiger partial charge in [0.2, 0.25) is 0 Å². The zero-order chi connectivity index (χ0) is 16.4. The quantitative estimate of drug-likeness (QED) is 0.824. The van der Waals surface area contributed by atoms with Crippen LogP contribution in [0.4, 0.5) is 10.7 Å². The molecule has 0 bridgehead atoms. The highest BCUT2D eigenvalue weighted by molar-refractivity contribution is 7.92. The van der Waals surface area contributed by atoms with Crippen molar-refractivity contribution < 1.29 is 13.2 Å². The van der Waals surface area contributed by atoms with Crippen LogP contribution in [0.5, 0.6) is 0 Å². The lowest BCUT2D eigenvalue weighted by atomic mass is 10.2. The van der Waals surface area contributed by atoms with E-state index in [1.54, 1.807) is 6.92 Å². The summed E-state index contributed by atoms with van der Waals surface area (Å²) in [5.74, 6) is -0.0582. The Balaban J connectivity index is 3.51. The zero-order valence-corrected chi connectivity index (χ0v) is 14.7. The van der Waals surface area contributed by atoms with Gasteiger partial charge in [0.1, 0.15) is 14.8 Å². The van der Waals surface area contributed by atoms with E-state index in [0.29, 0.717) is 17.5 Å². The highest BCUT2D eigenvalue weighted by Gasteiger charge is 2.30. The number of carbonyl (C=O) groups excluding carboxylic acids is 1. The van der Waals surface area contributed by atoms with Crippen LogP contribution in [-0.2, 0) is 9.84 Å². The number of hydrogen-bond acceptors (Lipinski definition) is 6. The summed E-state index contributed by atoms with van der Waals surface area (Å²) in [4.78, 5) is 14.0. The molecule has 0 atom stereocenters. The summed E-state index contributed by atoms with van der Waals surface area (Å²) in [6.45, 7) is 6.33. The van der Waals surface area contributed by atoms with E-state index < -0.39 is 9.84 Å². The van der Waals surface area contributed by atoms with Gasteiger partial charge in [0.25, 0.3) is 5.91 Å². The van der Waals surface area contributed by atoms with Gasteiger partial charge in [-0.15, -0.1) is 11.3 Å². The Morgan fingerprint density at radius 1 is 1.43 bits per heavy atom. The standard InChI is InChI=1S/C13H23N3O3S2/c1-6-21(18,19)11-9(14)10(12(17)15-4)20-13(11)16(5)7-8(2)3/h8H,6-7,14H2,1-5H3,(H,15,17). The Hall–Kier alpha value is -1.28. The second-order valence-electron chi connectivity index (χ2n) is 5.24. The molecule has 0 saturated heterocycles. The Kier molecular flexibility index (Phi) is 5.63. The predicted octanol–water partition coefficient (Wildman–Crippen LogP) is 1.58. The Morgan fingerprint density at radius 3 is 2.43 bits per heavy atom. The van der Waals surface area contributed by atoms with E-state index in [4.69, 9.17) is 5.73 Å². The van der Waals surface area contributed by atoms with Crippen LogP contribution in [0.25, 0.3) is 0 Å². The van der Waals surface area contributed by atoms with Gasteiger partial charge < -0.3 is 16.0 Å². The first kappa shape index (κ1) is 17.8. The number of hydrogen-bond donors (Lipinski definition) is 2. The first-order chi connectivity index (χ1) is 9.65. The number of nitrogen functional groups attached to an aromatic ring is 1. The van der Waals surface area contributed by atoms with Crippen molar-refractivity contribution in [1.29, 1.82) is 0 Å². The first-order valence-electron chi connectivity index (χ1n) is 6.73. The number of rotatable bonds is 6. The highest BCUT2D eigenvalue weighted by Crippen LogP contribution is 2.41. The number of thiophene rings is 1. The van der Waals surface area contributed by atoms with Gasteiger partial charge in [-0.05, 0) is 5.92 Å². The molecule has 0 unspecified atom stereocenters. The number of nitrogens with one attached hydrogen (secondary N) is 1. The largest absolute Gasteiger partial charge is 0.396 e. The van der Waals surface area contributed by atoms with E-state index in [-0.39, 0.29) is 27.1 Å². The predicted molar refractivity (Wildman–Crippen MR) is 88.0 cm³/mol. The number of nitrogens with two attached hydrogens (primary N) is 1. The summed E-state index contributed by atoms with van der Waals surface area (Å²) in [5.41, 5.74) is 6.00. The fraction of sp³-hybridized carbons (Fsp3) is 0.615. The number of nitrogens with zero attached hydrogens (tertiary/aromatic N) is 1. The third-order valence-electron chi connectivity index (χ3n) is 2.99. The number of amides is 1. The summed E-state index contributed by atoms with van der Waals surface area (Å²) >= 11 is 1.12. The van der Waals surface area contributed by atoms with E-state index in [1.807, 2.05) is 25.8 Å². The summed E-state index contributed by atoms with van der Waals surface area (Å²) in [5, 5.41) is 3.02. The molecule has 21 heavy (non-hydrogen) atoms. The lowest BCUT2D eigenvalue weighted by Gasteiger charge is -2.21. The third kappa shape index (κ3) is 3.68. The minimum absolute atomic E-state index is 0.0480. The molecule has 0 fully saturated rings. The average molecular weight is 333 g/mol. The molecule has 1 heterocycles. The summed E-state index contributed by atoms with van der Waals surface area (Å²) in [6.07, 6.45) is 0. The maximum absolute atomic E-state index is 12.3. The normalized spacial score (nSPS) is 11.7. The van der Waals surface area contributed by atoms with Crippen LogP contribution in [0.15, 0.2) is 4.90 Å². The molecule has 3 N–H and O–H groups in total. The highest BCUT2D eigenvalue weighted by atomic mass is 32.2. The molecule has 0 spiro atoms. The SMILES string of the molecule is CCS(=O)(=O)c1c(N(C)CC(C)C)sc(C(=O)NC)c1N. The van der Waals surface area contributed by atoms with Crippen LogP contribution in [0, 0.1) is 5.92 Å². The monoisotopic (exact) mass is 333 g/mol. The van der Waals surface area contributed by atoms with E-state index in [1.165, 1.54) is 7.05 Å². The molecule has 0 saturated carbocycles. The van der Waals surface area contributed by atoms with Gasteiger partial charge in [0.15, 0.2) is 9.84 Å². The maximum Gasteiger partial charge on any atom is 0.263 e. The third-order valence-corrected chi connectivity index (χ3v) is 6.24. The van der Waals surface area contributed by atoms with Gasteiger partial charge in [-0.2, -0.15) is 0 Å². The fourth-order valence-corrected chi connectivity index (χ4v) is 4.78. The molecule has 1 aromatic heterocycles. The molecule has 1 rings (SSSR count). The molecular weight excluding hydrogens is 310 g/mol. The maximum atomic E-state index is 12.3. The molecule has 1 amide bonds. The number of sulfone groups is 1. The van der Waals surface area contributed by atoms with Crippen LogP contribution >= 0.6 is 11.3 Å². The van der Waals surface area contributed by atoms with Gasteiger partial charge >= 0.3 is 0 Å². The second kappa shape index (κ2) is 6.65. The van der Waals surface area contributed by atoms with Crippen LogP contribution < -0.4 is 16.0 Å². The van der Waals surface area contributed by atoms with Crippen LogP contribution in [-0.4, -0.2) is 40.7 Å². The van der Waals surface area contributed by atoms with Gasteiger partial charge in [0, 0.05) is 20.6 Å². The van der Waals surface area contributed by atoms with E-state index in [9.17, 15) is 13.2 Å². The van der Waals surface area contributed by atoms with Crippen molar-refractivity contribution in [2.24, 2.45) is 5.92 Å². The number of anilines is 2. The summed E-state index contributed by atoms with van der Waals surface area (Å²) in [6, 6.07) is 0. The van der Waals surface area contributed by atoms with Crippen LogP contribution in [0.1, 0.15) is 30.4 Å². The van der Waals surface area contributed by atoms with E-state index in [0.717, 1.165) is 11.3 Å². The van der Waals surface area contributed by atoms with Gasteiger partial charge in [-0.1, -0.05) is 20.8 Å². The molecule has 8 heteroatoms. The minimum Gasteiger partial charge on any atom is -0.396 e. The lowest BCUT2D eigenvalue weighted by molar-refractivity contribution is 0.0968. The van der Waals surface area contributed by atoms with Crippen LogP contribution in [0.2, 0.25) is 0 Å². The number of carbonyl (C=O) groups is 1. The molecule has 0 aliphatic carbocycles. The molecule has 0 aliphatic heterocycles. The molecule has 0 aliphatic rings. The van der Waals surface area contributed by atoms with Gasteiger partial charge in [-0.25, -0.2) is 8.42 Å². The lowest BCUT2D eigenvalue weighted by Crippen LogP contribution is -2.23. The molecule has 0 aromatic carbocycles. The van der Waals surface area contributed by atoms with Crippen molar-refractivity contribution in [3.63, 3.8) is 0 Å². The average Bonchev–Trinajstić information content (AvgIpc) is 2.75. The van der Waals surface area contributed by atoms with Crippen molar-refractivity contribution in [2.45, 2.75) is 25.7 Å². The molecule has 6 nitrogen and oxygen atoms in total. The Morgan fingerprint density at radius 2 is 2.00 bits per heavy atom. The smallest absolute Gasteiger partial charge is 0.263 e. The summed E-state index contributed by atoms with van der Waals surface area (Å²) in [7, 11) is -0.191. The summed E-state index contributed by atoms with van der Waals surface area (Å²) < 4.78 is 24.7. The fourth-order valence-electron chi connectivity index (χ4n) is 2.03. The molecular formula is C13H23N3O3S2. The minimum atomic E-state index is -3.50. The second-order valence-corrected chi connectivity index (χ2v) is 8.45. The van der Waals surface area contributed by atoms with Gasteiger partial charge in [0.05, 0.1) is 11.4 Å². The zero-order valence-electron chi connectivity index (χ0n) is 13.1. The van der Waals surface area contributed by atoms with Crippen molar-refractivity contribution in [1.82, 2.24) is 5.32 Å². The van der Waals surface area contributed by atoms with Crippen molar-refractivity contribution >= 4 is 37.8 Å². The van der Waals surface area contributed by atoms with Crippen molar-refractivity contribution in [3.8, 4) is 0 Å². The van der Waals surface area contributed by atoms with Crippen LogP contribution in [0.3, 0.4) is 0 Å². The first-order valence-corrected chi connectivity index (χ1v) is 9.20. The van der Waals surface area contributed by atoms with E-state index in [2.05, 4.69) is 5.32 Å². The van der Waals surface area contributed by atoms with E-state index >= 15 is 0 Å². The van der Waals surface area contributed by atoms with Crippen molar-refractivity contribution in [2.75, 3.05) is 37.0 Å². The Labute approximate surface area is 130 Å². The van der Waals surface area contributed by atoms with Crippen molar-refractivity contribution in [3.05, 3.63) is 4.88 Å². The Bertz CT molecular complexity index is 621. The topological polar surface area (TPSA) is 92.5 Å². The molecule has 120 valence electrons. The molecule has 0 radical (unpaired) electrons. The molecule has 1 aromatic rings. The van der Waals surface area contributed by atoms with Gasteiger partial charge in [-0.3, -0.25) is 4.79 Å².